The number of nitrogens with one attached hydrogen (secondary N) is 1. The number of benzene rings is 2. The lowest BCUT2D eigenvalue weighted by Gasteiger charge is -2.33. The van der Waals surface area contributed by atoms with Crippen molar-refractivity contribution in [2.75, 3.05) is 0 Å². The van der Waals surface area contributed by atoms with Crippen molar-refractivity contribution in [1.29, 1.82) is 0 Å². The summed E-state index contributed by atoms with van der Waals surface area (Å²) in [6.45, 7) is 6.34. The fraction of sp³-hybridized carbons (Fsp3) is 0.481. The summed E-state index contributed by atoms with van der Waals surface area (Å²) in [6.07, 6.45) is 6.39. The maximum Gasteiger partial charge on any atom is 0.243 e. The van der Waals surface area contributed by atoms with Crippen LogP contribution in [-0.4, -0.2) is 28.8 Å². The summed E-state index contributed by atoms with van der Waals surface area (Å²) in [6, 6.07) is 13.4. The molecule has 0 saturated heterocycles. The highest BCUT2D eigenvalue weighted by atomic mass is 35.5. The molecule has 5 heteroatoms. The molecule has 1 atom stereocenters. The lowest BCUT2D eigenvalue weighted by atomic mass is 9.95. The number of nitrogens with zero attached hydrogens (tertiary/aromatic N) is 1. The van der Waals surface area contributed by atoms with Gasteiger partial charge in [-0.2, -0.15) is 0 Å². The van der Waals surface area contributed by atoms with Crippen molar-refractivity contribution in [3.8, 4) is 0 Å². The Labute approximate surface area is 197 Å². The van der Waals surface area contributed by atoms with E-state index in [1.807, 2.05) is 51.1 Å². The smallest absolute Gasteiger partial charge is 0.243 e. The molecule has 32 heavy (non-hydrogen) atoms. The SMILES string of the molecule is CC[C@@H](C(=O)NC1CCCCC1)N(Cc1ccccc1Cl)C(=O)Cc1cc(C)ccc1C. The zero-order valence-electron chi connectivity index (χ0n) is 19.5. The van der Waals surface area contributed by atoms with Gasteiger partial charge in [0.2, 0.25) is 11.8 Å². The van der Waals surface area contributed by atoms with Gasteiger partial charge in [-0.25, -0.2) is 0 Å². The van der Waals surface area contributed by atoms with Crippen molar-refractivity contribution in [2.45, 2.75) is 84.3 Å². The summed E-state index contributed by atoms with van der Waals surface area (Å²) in [5.41, 5.74) is 4.06. The van der Waals surface area contributed by atoms with E-state index in [-0.39, 0.29) is 24.3 Å². The van der Waals surface area contributed by atoms with Gasteiger partial charge in [0.15, 0.2) is 0 Å². The maximum atomic E-state index is 13.6. The van der Waals surface area contributed by atoms with Gasteiger partial charge in [0, 0.05) is 17.6 Å². The largest absolute Gasteiger partial charge is 0.352 e. The van der Waals surface area contributed by atoms with Crippen LogP contribution in [0.1, 0.15) is 67.7 Å². The number of halogens is 1. The number of amides is 2. The molecule has 1 aliphatic rings. The Hall–Kier alpha value is -2.33. The average Bonchev–Trinajstić information content (AvgIpc) is 2.78. The average molecular weight is 455 g/mol. The molecule has 0 bridgehead atoms. The van der Waals surface area contributed by atoms with E-state index in [0.717, 1.165) is 47.9 Å². The molecule has 0 spiro atoms. The van der Waals surface area contributed by atoms with E-state index in [4.69, 9.17) is 11.6 Å². The van der Waals surface area contributed by atoms with Gasteiger partial charge in [-0.3, -0.25) is 9.59 Å². The van der Waals surface area contributed by atoms with Crippen LogP contribution < -0.4 is 5.32 Å². The molecule has 0 aliphatic heterocycles. The first-order valence-corrected chi connectivity index (χ1v) is 12.2. The number of rotatable bonds is 8. The van der Waals surface area contributed by atoms with Gasteiger partial charge in [0.1, 0.15) is 6.04 Å². The van der Waals surface area contributed by atoms with E-state index < -0.39 is 6.04 Å². The minimum absolute atomic E-state index is 0.0516. The van der Waals surface area contributed by atoms with Crippen LogP contribution in [0.3, 0.4) is 0 Å². The number of carbonyl (C=O) groups is 2. The Morgan fingerprint density at radius 3 is 2.47 bits per heavy atom. The molecule has 0 radical (unpaired) electrons. The zero-order chi connectivity index (χ0) is 23.1. The van der Waals surface area contributed by atoms with Gasteiger partial charge in [-0.05, 0) is 55.9 Å². The van der Waals surface area contributed by atoms with Gasteiger partial charge in [-0.15, -0.1) is 0 Å². The van der Waals surface area contributed by atoms with Crippen LogP contribution in [0.2, 0.25) is 5.02 Å². The molecule has 1 saturated carbocycles. The van der Waals surface area contributed by atoms with Gasteiger partial charge in [0.25, 0.3) is 0 Å². The minimum Gasteiger partial charge on any atom is -0.352 e. The third kappa shape index (κ3) is 6.35. The molecule has 4 nitrogen and oxygen atoms in total. The van der Waals surface area contributed by atoms with Crippen LogP contribution in [0.5, 0.6) is 0 Å². The summed E-state index contributed by atoms with van der Waals surface area (Å²) in [5.74, 6) is -0.106. The second-order valence-corrected chi connectivity index (χ2v) is 9.39. The van der Waals surface area contributed by atoms with E-state index in [0.29, 0.717) is 18.0 Å². The van der Waals surface area contributed by atoms with Gasteiger partial charge >= 0.3 is 0 Å². The second kappa shape index (κ2) is 11.5. The normalized spacial score (nSPS) is 15.2. The Kier molecular flexibility index (Phi) is 8.75. The highest BCUT2D eigenvalue weighted by Gasteiger charge is 2.30. The molecule has 2 aromatic rings. The zero-order valence-corrected chi connectivity index (χ0v) is 20.3. The standard InChI is InChI=1S/C27H35ClN2O2/c1-4-25(27(32)29-23-11-6-5-7-12-23)30(18-21-10-8-9-13-24(21)28)26(31)17-22-16-19(2)14-15-20(22)3/h8-10,13-16,23,25H,4-7,11-12,17-18H2,1-3H3,(H,29,32)/t25-/m0/s1. The summed E-state index contributed by atoms with van der Waals surface area (Å²) < 4.78 is 0. The van der Waals surface area contributed by atoms with Gasteiger partial charge in [0.05, 0.1) is 6.42 Å². The van der Waals surface area contributed by atoms with Crippen LogP contribution in [0, 0.1) is 13.8 Å². The van der Waals surface area contributed by atoms with Gasteiger partial charge in [-0.1, -0.05) is 79.7 Å². The van der Waals surface area contributed by atoms with Crippen LogP contribution in [0.15, 0.2) is 42.5 Å². The summed E-state index contributed by atoms with van der Waals surface area (Å²) in [4.78, 5) is 28.6. The molecule has 0 heterocycles. The molecule has 0 unspecified atom stereocenters. The molecular formula is C27H35ClN2O2. The lowest BCUT2D eigenvalue weighted by molar-refractivity contribution is -0.141. The highest BCUT2D eigenvalue weighted by molar-refractivity contribution is 6.31. The molecule has 2 aromatic carbocycles. The molecule has 2 amide bonds. The van der Waals surface area contributed by atoms with E-state index >= 15 is 0 Å². The van der Waals surface area contributed by atoms with E-state index in [2.05, 4.69) is 17.4 Å². The first kappa shape index (κ1) is 24.3. The van der Waals surface area contributed by atoms with E-state index in [1.165, 1.54) is 6.42 Å². The molecular weight excluding hydrogens is 420 g/mol. The second-order valence-electron chi connectivity index (χ2n) is 8.99. The summed E-state index contributed by atoms with van der Waals surface area (Å²) >= 11 is 6.42. The molecule has 3 rings (SSSR count). The predicted octanol–water partition coefficient (Wildman–Crippen LogP) is 5.76. The third-order valence-corrected chi connectivity index (χ3v) is 6.85. The Bertz CT molecular complexity index is 937. The van der Waals surface area contributed by atoms with Crippen molar-refractivity contribution >= 4 is 23.4 Å². The quantitative estimate of drug-likeness (QED) is 0.551. The molecule has 172 valence electrons. The monoisotopic (exact) mass is 454 g/mol. The van der Waals surface area contributed by atoms with Crippen molar-refractivity contribution in [2.24, 2.45) is 0 Å². The van der Waals surface area contributed by atoms with Crippen molar-refractivity contribution in [3.63, 3.8) is 0 Å². The van der Waals surface area contributed by atoms with Crippen LogP contribution in [-0.2, 0) is 22.6 Å². The fourth-order valence-corrected chi connectivity index (χ4v) is 4.72. The summed E-state index contributed by atoms with van der Waals surface area (Å²) in [5, 5.41) is 3.83. The topological polar surface area (TPSA) is 49.4 Å². The van der Waals surface area contributed by atoms with E-state index in [9.17, 15) is 9.59 Å². The fourth-order valence-electron chi connectivity index (χ4n) is 4.53. The maximum absolute atomic E-state index is 13.6. The Balaban J connectivity index is 1.85. The number of aryl methyl sites for hydroxylation is 2. The Morgan fingerprint density at radius 2 is 1.78 bits per heavy atom. The van der Waals surface area contributed by atoms with Crippen molar-refractivity contribution in [3.05, 3.63) is 69.7 Å². The molecule has 1 fully saturated rings. The highest BCUT2D eigenvalue weighted by Crippen LogP contribution is 2.23. The van der Waals surface area contributed by atoms with Crippen molar-refractivity contribution in [1.82, 2.24) is 10.2 Å². The van der Waals surface area contributed by atoms with Crippen LogP contribution in [0.25, 0.3) is 0 Å². The number of carbonyl (C=O) groups excluding carboxylic acids is 2. The molecule has 1 N–H and O–H groups in total. The number of hydrogen-bond donors (Lipinski definition) is 1. The van der Waals surface area contributed by atoms with Crippen molar-refractivity contribution < 1.29 is 9.59 Å². The summed E-state index contributed by atoms with van der Waals surface area (Å²) in [7, 11) is 0. The third-order valence-electron chi connectivity index (χ3n) is 6.48. The lowest BCUT2D eigenvalue weighted by Crippen LogP contribution is -2.52. The Morgan fingerprint density at radius 1 is 1.06 bits per heavy atom. The molecule has 0 aromatic heterocycles. The predicted molar refractivity (Wildman–Crippen MR) is 131 cm³/mol. The van der Waals surface area contributed by atoms with Crippen LogP contribution >= 0.6 is 11.6 Å². The van der Waals surface area contributed by atoms with Gasteiger partial charge < -0.3 is 10.2 Å². The van der Waals surface area contributed by atoms with Crippen LogP contribution in [0.4, 0.5) is 0 Å². The first-order valence-electron chi connectivity index (χ1n) is 11.8. The molecule has 1 aliphatic carbocycles. The first-order chi connectivity index (χ1) is 15.4. The minimum atomic E-state index is -0.522. The van der Waals surface area contributed by atoms with E-state index in [1.54, 1.807) is 4.90 Å². The number of hydrogen-bond acceptors (Lipinski definition) is 2.